The topological polar surface area (TPSA) is 64.4 Å². The molecule has 5 nitrogen and oxygen atoms in total. The van der Waals surface area contributed by atoms with E-state index >= 15 is 0 Å². The Hall–Kier alpha value is -2.89. The largest absolute Gasteiger partial charge is 0.460 e. The van der Waals surface area contributed by atoms with Crippen LogP contribution in [0, 0.1) is 19.7 Å². The van der Waals surface area contributed by atoms with Gasteiger partial charge in [0.15, 0.2) is 0 Å². The van der Waals surface area contributed by atoms with Crippen molar-refractivity contribution in [3.63, 3.8) is 0 Å². The van der Waals surface area contributed by atoms with Crippen LogP contribution < -0.4 is 5.32 Å². The maximum atomic E-state index is 14.2. The maximum absolute atomic E-state index is 14.2. The Morgan fingerprint density at radius 1 is 1.33 bits per heavy atom. The lowest BCUT2D eigenvalue weighted by Gasteiger charge is -2.08. The van der Waals surface area contributed by atoms with Crippen molar-refractivity contribution in [3.8, 4) is 0 Å². The Morgan fingerprint density at radius 2 is 2.12 bits per heavy atom. The van der Waals surface area contributed by atoms with Crippen LogP contribution >= 0.6 is 0 Å². The second-order valence-corrected chi connectivity index (χ2v) is 5.47. The Kier molecular flexibility index (Phi) is 4.20. The lowest BCUT2D eigenvalue weighted by Crippen LogP contribution is -2.06. The van der Waals surface area contributed by atoms with Crippen LogP contribution in [0.15, 0.2) is 35.0 Å². The van der Waals surface area contributed by atoms with Crippen molar-refractivity contribution in [2.24, 2.45) is 0 Å². The number of anilines is 2. The fourth-order valence-corrected chi connectivity index (χ4v) is 2.46. The Morgan fingerprint density at radius 3 is 2.83 bits per heavy atom. The summed E-state index contributed by atoms with van der Waals surface area (Å²) in [6, 6.07) is 4.81. The summed E-state index contributed by atoms with van der Waals surface area (Å²) in [5.41, 5.74) is 2.69. The highest BCUT2D eigenvalue weighted by Gasteiger charge is 2.23. The van der Waals surface area contributed by atoms with Crippen LogP contribution in [0.1, 0.15) is 28.6 Å². The number of pyridine rings is 1. The van der Waals surface area contributed by atoms with Gasteiger partial charge in [-0.25, -0.2) is 9.18 Å². The molecule has 1 aromatic carbocycles. The number of carbonyl (C=O) groups is 1. The number of hydrogen-bond donors (Lipinski definition) is 1. The van der Waals surface area contributed by atoms with Crippen molar-refractivity contribution in [1.29, 1.82) is 0 Å². The van der Waals surface area contributed by atoms with Crippen molar-refractivity contribution in [2.75, 3.05) is 11.9 Å². The molecule has 124 valence electrons. The number of furan rings is 1. The number of carbonyl (C=O) groups excluding carboxylic acids is 1. The first-order valence-electron chi connectivity index (χ1n) is 7.58. The molecule has 0 atom stereocenters. The van der Waals surface area contributed by atoms with E-state index in [9.17, 15) is 9.18 Å². The van der Waals surface area contributed by atoms with Crippen LogP contribution in [0.2, 0.25) is 0 Å². The number of halogens is 1. The fraction of sp³-hybridized carbons (Fsp3) is 0.222. The predicted molar refractivity (Wildman–Crippen MR) is 89.1 cm³/mol. The van der Waals surface area contributed by atoms with Gasteiger partial charge in [0.1, 0.15) is 17.1 Å². The van der Waals surface area contributed by atoms with Gasteiger partial charge in [0, 0.05) is 18.0 Å². The molecule has 0 aliphatic rings. The number of benzene rings is 1. The minimum atomic E-state index is -0.608. The highest BCUT2D eigenvalue weighted by molar-refractivity contribution is 6.05. The number of esters is 1. The van der Waals surface area contributed by atoms with E-state index in [2.05, 4.69) is 10.3 Å². The van der Waals surface area contributed by atoms with Crippen molar-refractivity contribution >= 4 is 28.3 Å². The molecule has 0 radical (unpaired) electrons. The number of hydrogen-bond acceptors (Lipinski definition) is 5. The van der Waals surface area contributed by atoms with Gasteiger partial charge in [0.2, 0.25) is 5.76 Å². The number of rotatable bonds is 4. The highest BCUT2D eigenvalue weighted by atomic mass is 19.1. The van der Waals surface area contributed by atoms with Crippen molar-refractivity contribution < 1.29 is 18.3 Å². The van der Waals surface area contributed by atoms with E-state index in [4.69, 9.17) is 9.15 Å². The molecule has 0 amide bonds. The summed E-state index contributed by atoms with van der Waals surface area (Å²) >= 11 is 0. The first-order chi connectivity index (χ1) is 11.5. The summed E-state index contributed by atoms with van der Waals surface area (Å²) in [7, 11) is 0. The molecule has 0 aliphatic heterocycles. The summed E-state index contributed by atoms with van der Waals surface area (Å²) in [6.07, 6.45) is 3.21. The Labute approximate surface area is 138 Å². The third-order valence-corrected chi connectivity index (χ3v) is 3.62. The number of ether oxygens (including phenoxy) is 1. The zero-order valence-corrected chi connectivity index (χ0v) is 13.6. The van der Waals surface area contributed by atoms with E-state index in [0.29, 0.717) is 16.7 Å². The molecule has 3 rings (SSSR count). The van der Waals surface area contributed by atoms with Gasteiger partial charge in [-0.3, -0.25) is 4.98 Å². The fourth-order valence-electron chi connectivity index (χ4n) is 2.46. The predicted octanol–water partition coefficient (Wildman–Crippen LogP) is 4.50. The highest BCUT2D eigenvalue weighted by Crippen LogP contribution is 2.35. The van der Waals surface area contributed by atoms with E-state index in [0.717, 1.165) is 11.1 Å². The molecule has 3 aromatic rings. The molecule has 0 unspecified atom stereocenters. The van der Waals surface area contributed by atoms with E-state index in [-0.39, 0.29) is 18.1 Å². The number of fused-ring (bicyclic) bond motifs is 1. The van der Waals surface area contributed by atoms with Crippen molar-refractivity contribution in [3.05, 3.63) is 53.3 Å². The summed E-state index contributed by atoms with van der Waals surface area (Å²) in [5.74, 6) is -1.02. The monoisotopic (exact) mass is 328 g/mol. The molecule has 6 heteroatoms. The van der Waals surface area contributed by atoms with Crippen LogP contribution in [-0.4, -0.2) is 17.6 Å². The minimum Gasteiger partial charge on any atom is -0.460 e. The molecule has 0 saturated carbocycles. The van der Waals surface area contributed by atoms with Gasteiger partial charge in [-0.2, -0.15) is 0 Å². The van der Waals surface area contributed by atoms with Gasteiger partial charge in [-0.1, -0.05) is 6.07 Å². The van der Waals surface area contributed by atoms with E-state index in [1.54, 1.807) is 38.4 Å². The van der Waals surface area contributed by atoms with Gasteiger partial charge >= 0.3 is 5.97 Å². The molecule has 0 aliphatic carbocycles. The third-order valence-electron chi connectivity index (χ3n) is 3.62. The van der Waals surface area contributed by atoms with Gasteiger partial charge in [-0.15, -0.1) is 0 Å². The lowest BCUT2D eigenvalue weighted by molar-refractivity contribution is 0.0494. The standard InChI is InChI=1S/C18H17FN2O3/c1-4-23-18(22)17-15(12-9-20-8-11(3)16(12)24-17)21-14-6-5-10(2)7-13(14)19/h5-9,21H,4H2,1-3H3. The molecule has 0 spiro atoms. The second-order valence-electron chi connectivity index (χ2n) is 5.47. The molecule has 0 saturated heterocycles. The van der Waals surface area contributed by atoms with Gasteiger partial charge in [-0.05, 0) is 38.5 Å². The molecule has 0 fully saturated rings. The number of nitrogens with zero attached hydrogens (tertiary/aromatic N) is 1. The Balaban J connectivity index is 2.15. The van der Waals surface area contributed by atoms with Crippen LogP contribution in [0.3, 0.4) is 0 Å². The van der Waals surface area contributed by atoms with Crippen molar-refractivity contribution in [1.82, 2.24) is 4.98 Å². The first-order valence-corrected chi connectivity index (χ1v) is 7.58. The van der Waals surface area contributed by atoms with Gasteiger partial charge < -0.3 is 14.5 Å². The Bertz CT molecular complexity index is 918. The maximum Gasteiger partial charge on any atom is 0.376 e. The van der Waals surface area contributed by atoms with Crippen LogP contribution in [0.5, 0.6) is 0 Å². The minimum absolute atomic E-state index is 0.00271. The van der Waals surface area contributed by atoms with E-state index in [1.165, 1.54) is 6.07 Å². The average Bonchev–Trinajstić information content (AvgIpc) is 2.90. The summed E-state index contributed by atoms with van der Waals surface area (Å²) in [5, 5.41) is 3.54. The first kappa shape index (κ1) is 16.0. The van der Waals surface area contributed by atoms with Crippen LogP contribution in [0.25, 0.3) is 11.0 Å². The molecule has 2 heterocycles. The van der Waals surface area contributed by atoms with Gasteiger partial charge in [0.25, 0.3) is 0 Å². The molecule has 0 bridgehead atoms. The molecule has 1 N–H and O–H groups in total. The molecule has 24 heavy (non-hydrogen) atoms. The second kappa shape index (κ2) is 6.31. The molecule has 2 aromatic heterocycles. The van der Waals surface area contributed by atoms with E-state index < -0.39 is 11.8 Å². The zero-order chi connectivity index (χ0) is 17.3. The smallest absolute Gasteiger partial charge is 0.376 e. The zero-order valence-electron chi connectivity index (χ0n) is 13.6. The average molecular weight is 328 g/mol. The number of aryl methyl sites for hydroxylation is 2. The molecular formula is C18H17FN2O3. The quantitative estimate of drug-likeness (QED) is 0.714. The third kappa shape index (κ3) is 2.82. The van der Waals surface area contributed by atoms with Crippen LogP contribution in [-0.2, 0) is 4.74 Å². The molecular weight excluding hydrogens is 311 g/mol. The number of nitrogens with one attached hydrogen (secondary N) is 1. The number of aromatic nitrogens is 1. The normalized spacial score (nSPS) is 10.8. The summed E-state index contributed by atoms with van der Waals surface area (Å²) in [6.45, 7) is 5.55. The van der Waals surface area contributed by atoms with Gasteiger partial charge in [0.05, 0.1) is 17.7 Å². The summed E-state index contributed by atoms with van der Waals surface area (Å²) < 4.78 is 24.9. The van der Waals surface area contributed by atoms with E-state index in [1.807, 2.05) is 6.92 Å². The SMILES string of the molecule is CCOC(=O)c1oc2c(C)cncc2c1Nc1ccc(C)cc1F. The summed E-state index contributed by atoms with van der Waals surface area (Å²) in [4.78, 5) is 16.3. The van der Waals surface area contributed by atoms with Crippen molar-refractivity contribution in [2.45, 2.75) is 20.8 Å². The lowest BCUT2D eigenvalue weighted by atomic mass is 10.2. The van der Waals surface area contributed by atoms with Crippen LogP contribution in [0.4, 0.5) is 15.8 Å².